The first-order chi connectivity index (χ1) is 9.65. The van der Waals surface area contributed by atoms with Gasteiger partial charge in [0.15, 0.2) is 0 Å². The second-order valence-electron chi connectivity index (χ2n) is 4.07. The van der Waals surface area contributed by atoms with Crippen LogP contribution in [0.25, 0.3) is 10.6 Å². The van der Waals surface area contributed by atoms with Crippen LogP contribution in [0, 0.1) is 15.9 Å². The zero-order valence-corrected chi connectivity index (χ0v) is 10.9. The zero-order chi connectivity index (χ0) is 14.1. The van der Waals surface area contributed by atoms with Crippen molar-refractivity contribution in [2.45, 2.75) is 6.29 Å². The van der Waals surface area contributed by atoms with Crippen LogP contribution in [-0.4, -0.2) is 23.1 Å². The molecule has 0 unspecified atom stereocenters. The van der Waals surface area contributed by atoms with Crippen LogP contribution in [0.3, 0.4) is 0 Å². The highest BCUT2D eigenvalue weighted by Gasteiger charge is 2.22. The smallest absolute Gasteiger partial charge is 0.305 e. The molecule has 1 aliphatic rings. The molecular weight excluding hydrogens is 287 g/mol. The van der Waals surface area contributed by atoms with Crippen LogP contribution < -0.4 is 0 Å². The van der Waals surface area contributed by atoms with Gasteiger partial charge in [-0.25, -0.2) is 4.98 Å². The minimum atomic E-state index is -0.863. The Morgan fingerprint density at radius 2 is 2.15 bits per heavy atom. The topological polar surface area (TPSA) is 74.5 Å². The van der Waals surface area contributed by atoms with Gasteiger partial charge < -0.3 is 9.47 Å². The molecule has 104 valence electrons. The number of hydrogen-bond acceptors (Lipinski definition) is 6. The predicted octanol–water partition coefficient (Wildman–Crippen LogP) is 2.90. The lowest BCUT2D eigenvalue weighted by Crippen LogP contribution is -1.98. The molecule has 0 spiro atoms. The van der Waals surface area contributed by atoms with Crippen molar-refractivity contribution in [1.82, 2.24) is 4.98 Å². The number of nitrogens with zero attached hydrogens (tertiary/aromatic N) is 2. The first-order valence-electron chi connectivity index (χ1n) is 5.78. The molecule has 20 heavy (non-hydrogen) atoms. The summed E-state index contributed by atoms with van der Waals surface area (Å²) in [6.07, 6.45) is -0.490. The molecule has 0 amide bonds. The number of halogens is 1. The Labute approximate surface area is 116 Å². The number of ether oxygens (including phenoxy) is 2. The van der Waals surface area contributed by atoms with E-state index in [1.165, 1.54) is 23.5 Å². The van der Waals surface area contributed by atoms with Crippen molar-refractivity contribution in [3.8, 4) is 10.6 Å². The third-order valence-corrected chi connectivity index (χ3v) is 3.68. The van der Waals surface area contributed by atoms with E-state index in [0.717, 1.165) is 6.07 Å². The summed E-state index contributed by atoms with van der Waals surface area (Å²) >= 11 is 1.30. The molecule has 6 nitrogen and oxygen atoms in total. The lowest BCUT2D eigenvalue weighted by Gasteiger charge is -2.04. The number of nitro groups is 1. The second-order valence-corrected chi connectivity index (χ2v) is 4.93. The Balaban J connectivity index is 1.93. The molecule has 1 aliphatic heterocycles. The Morgan fingerprint density at radius 1 is 1.40 bits per heavy atom. The van der Waals surface area contributed by atoms with Crippen molar-refractivity contribution in [2.75, 3.05) is 13.2 Å². The average Bonchev–Trinajstić information content (AvgIpc) is 3.09. The van der Waals surface area contributed by atoms with Gasteiger partial charge in [-0.05, 0) is 12.1 Å². The van der Waals surface area contributed by atoms with Crippen molar-refractivity contribution in [1.29, 1.82) is 0 Å². The van der Waals surface area contributed by atoms with Gasteiger partial charge in [0.1, 0.15) is 10.7 Å². The molecule has 1 aromatic carbocycles. The number of hydrogen-bond donors (Lipinski definition) is 0. The van der Waals surface area contributed by atoms with Crippen LogP contribution in [0.15, 0.2) is 23.6 Å². The summed E-state index contributed by atoms with van der Waals surface area (Å²) in [5, 5.41) is 13.1. The molecule has 0 radical (unpaired) electrons. The molecule has 0 N–H and O–H groups in total. The molecule has 8 heteroatoms. The van der Waals surface area contributed by atoms with E-state index in [9.17, 15) is 14.5 Å². The van der Waals surface area contributed by atoms with Crippen LogP contribution in [0.5, 0.6) is 0 Å². The van der Waals surface area contributed by atoms with E-state index in [-0.39, 0.29) is 0 Å². The van der Waals surface area contributed by atoms with E-state index >= 15 is 0 Å². The lowest BCUT2D eigenvalue weighted by atomic mass is 10.2. The van der Waals surface area contributed by atoms with Gasteiger partial charge in [0.25, 0.3) is 0 Å². The fourth-order valence-electron chi connectivity index (χ4n) is 1.84. The minimum Gasteiger partial charge on any atom is -0.345 e. The summed E-state index contributed by atoms with van der Waals surface area (Å²) in [6, 6.07) is 3.70. The Morgan fingerprint density at radius 3 is 2.85 bits per heavy atom. The standard InChI is InChI=1S/C12H9FN2O4S/c13-8-2-1-7(5-10(8)15(16)17)11-14-9(6-20-11)12-18-3-4-19-12/h1-2,5-6,12H,3-4H2. The van der Waals surface area contributed by atoms with E-state index in [0.29, 0.717) is 29.5 Å². The maximum Gasteiger partial charge on any atom is 0.305 e. The van der Waals surface area contributed by atoms with Gasteiger partial charge in [0.05, 0.1) is 18.1 Å². The Bertz CT molecular complexity index is 655. The number of thiazole rings is 1. The summed E-state index contributed by atoms with van der Waals surface area (Å²) in [7, 11) is 0. The van der Waals surface area contributed by atoms with Gasteiger partial charge >= 0.3 is 5.69 Å². The van der Waals surface area contributed by atoms with Gasteiger partial charge in [-0.3, -0.25) is 10.1 Å². The highest BCUT2D eigenvalue weighted by Crippen LogP contribution is 2.32. The molecule has 1 fully saturated rings. The highest BCUT2D eigenvalue weighted by molar-refractivity contribution is 7.13. The molecule has 0 saturated carbocycles. The molecule has 0 atom stereocenters. The first kappa shape index (κ1) is 13.1. The summed E-state index contributed by atoms with van der Waals surface area (Å²) in [4.78, 5) is 14.3. The summed E-state index contributed by atoms with van der Waals surface area (Å²) < 4.78 is 23.9. The van der Waals surface area contributed by atoms with Crippen molar-refractivity contribution in [3.05, 3.63) is 45.2 Å². The highest BCUT2D eigenvalue weighted by atomic mass is 32.1. The molecule has 0 aliphatic carbocycles. The van der Waals surface area contributed by atoms with Gasteiger partial charge in [0, 0.05) is 17.0 Å². The average molecular weight is 296 g/mol. The molecular formula is C12H9FN2O4S. The molecule has 2 aromatic rings. The first-order valence-corrected chi connectivity index (χ1v) is 6.66. The van der Waals surface area contributed by atoms with E-state index in [4.69, 9.17) is 9.47 Å². The SMILES string of the molecule is O=[N+]([O-])c1cc(-c2nc(C3OCCO3)cs2)ccc1F. The quantitative estimate of drug-likeness (QED) is 0.643. The van der Waals surface area contributed by atoms with Gasteiger partial charge in [0.2, 0.25) is 12.1 Å². The van der Waals surface area contributed by atoms with E-state index in [1.807, 2.05) is 0 Å². The van der Waals surface area contributed by atoms with Crippen LogP contribution in [0.4, 0.5) is 10.1 Å². The van der Waals surface area contributed by atoms with Crippen LogP contribution >= 0.6 is 11.3 Å². The molecule has 1 aromatic heterocycles. The number of aromatic nitrogens is 1. The third-order valence-electron chi connectivity index (χ3n) is 2.78. The van der Waals surface area contributed by atoms with Crippen molar-refractivity contribution < 1.29 is 18.8 Å². The number of rotatable bonds is 3. The van der Waals surface area contributed by atoms with E-state index < -0.39 is 22.7 Å². The normalized spacial score (nSPS) is 15.7. The third kappa shape index (κ3) is 2.40. The van der Waals surface area contributed by atoms with Crippen molar-refractivity contribution >= 4 is 17.0 Å². The van der Waals surface area contributed by atoms with Gasteiger partial charge in [-0.2, -0.15) is 4.39 Å². The maximum atomic E-state index is 13.3. The summed E-state index contributed by atoms with van der Waals surface area (Å²) in [6.45, 7) is 1.03. The molecule has 2 heterocycles. The van der Waals surface area contributed by atoms with Crippen LogP contribution in [-0.2, 0) is 9.47 Å². The summed E-state index contributed by atoms with van der Waals surface area (Å²) in [5.41, 5.74) is 0.550. The zero-order valence-electron chi connectivity index (χ0n) is 10.1. The van der Waals surface area contributed by atoms with E-state index in [1.54, 1.807) is 5.38 Å². The largest absolute Gasteiger partial charge is 0.345 e. The Hall–Kier alpha value is -1.90. The Kier molecular flexibility index (Phi) is 3.43. The minimum absolute atomic E-state index is 0.490. The van der Waals surface area contributed by atoms with E-state index in [2.05, 4.69) is 4.98 Å². The van der Waals surface area contributed by atoms with Gasteiger partial charge in [-0.15, -0.1) is 11.3 Å². The van der Waals surface area contributed by atoms with Crippen LogP contribution in [0.1, 0.15) is 12.0 Å². The predicted molar refractivity (Wildman–Crippen MR) is 68.8 cm³/mol. The second kappa shape index (κ2) is 5.23. The van der Waals surface area contributed by atoms with Crippen molar-refractivity contribution in [3.63, 3.8) is 0 Å². The fraction of sp³-hybridized carbons (Fsp3) is 0.250. The number of benzene rings is 1. The van der Waals surface area contributed by atoms with Crippen molar-refractivity contribution in [2.24, 2.45) is 0 Å². The summed E-state index contributed by atoms with van der Waals surface area (Å²) in [5.74, 6) is -0.863. The molecule has 0 bridgehead atoms. The number of nitro benzene ring substituents is 1. The lowest BCUT2D eigenvalue weighted by molar-refractivity contribution is -0.387. The maximum absolute atomic E-state index is 13.3. The monoisotopic (exact) mass is 296 g/mol. The molecule has 1 saturated heterocycles. The van der Waals surface area contributed by atoms with Gasteiger partial charge in [-0.1, -0.05) is 0 Å². The molecule has 3 rings (SSSR count). The van der Waals surface area contributed by atoms with Crippen LogP contribution in [0.2, 0.25) is 0 Å². The fourth-order valence-corrected chi connectivity index (χ4v) is 2.66.